The lowest BCUT2D eigenvalue weighted by atomic mass is 10.4. The zero-order valence-corrected chi connectivity index (χ0v) is 11.0. The molecule has 0 spiro atoms. The van der Waals surface area contributed by atoms with Crippen LogP contribution < -0.4 is 5.32 Å². The van der Waals surface area contributed by atoms with Crippen molar-refractivity contribution in [1.82, 2.24) is 10.3 Å². The molecule has 0 aromatic carbocycles. The predicted molar refractivity (Wildman–Crippen MR) is 67.2 cm³/mol. The molecule has 15 heavy (non-hydrogen) atoms. The van der Waals surface area contributed by atoms with Crippen LogP contribution in [-0.4, -0.2) is 35.0 Å². The average Bonchev–Trinajstić information content (AvgIpc) is 2.26. The first-order chi connectivity index (χ1) is 7.27. The summed E-state index contributed by atoms with van der Waals surface area (Å²) in [7, 11) is 0. The summed E-state index contributed by atoms with van der Waals surface area (Å²) in [6, 6.07) is 3.99. The van der Waals surface area contributed by atoms with E-state index in [1.165, 1.54) is 0 Å². The molecule has 0 fully saturated rings. The van der Waals surface area contributed by atoms with E-state index in [4.69, 9.17) is 5.11 Å². The Kier molecular flexibility index (Phi) is 6.24. The van der Waals surface area contributed by atoms with Crippen molar-refractivity contribution in [2.45, 2.75) is 18.0 Å². The number of halogens is 1. The molecule has 0 amide bonds. The van der Waals surface area contributed by atoms with Gasteiger partial charge in [-0.05, 0) is 34.6 Å². The first-order valence-electron chi connectivity index (χ1n) is 4.85. The van der Waals surface area contributed by atoms with E-state index in [9.17, 15) is 0 Å². The van der Waals surface area contributed by atoms with Crippen LogP contribution in [-0.2, 0) is 0 Å². The molecule has 1 aromatic rings. The fraction of sp³-hybridized carbons (Fsp3) is 0.500. The maximum absolute atomic E-state index is 9.10. The van der Waals surface area contributed by atoms with Gasteiger partial charge in [0.25, 0.3) is 0 Å². The quantitative estimate of drug-likeness (QED) is 0.786. The van der Waals surface area contributed by atoms with Crippen molar-refractivity contribution >= 4 is 27.7 Å². The normalized spacial score (nSPS) is 12.7. The molecule has 0 saturated heterocycles. The van der Waals surface area contributed by atoms with Gasteiger partial charge < -0.3 is 10.4 Å². The highest BCUT2D eigenvalue weighted by Gasteiger charge is 2.08. The van der Waals surface area contributed by atoms with Gasteiger partial charge in [0.15, 0.2) is 0 Å². The number of hydrogen-bond acceptors (Lipinski definition) is 4. The van der Waals surface area contributed by atoms with Crippen molar-refractivity contribution in [2.75, 3.05) is 18.9 Å². The van der Waals surface area contributed by atoms with Crippen LogP contribution in [0.2, 0.25) is 0 Å². The molecule has 2 N–H and O–H groups in total. The average molecular weight is 291 g/mol. The molecule has 5 heteroatoms. The number of nitrogens with zero attached hydrogens (tertiary/aromatic N) is 1. The third-order valence-electron chi connectivity index (χ3n) is 1.86. The van der Waals surface area contributed by atoms with E-state index in [1.807, 2.05) is 19.1 Å². The lowest BCUT2D eigenvalue weighted by molar-refractivity contribution is 0.255. The minimum absolute atomic E-state index is 0.133. The SMILES string of the molecule is CCNC(CO)CSc1ncccc1Br. The van der Waals surface area contributed by atoms with Crippen molar-refractivity contribution in [3.8, 4) is 0 Å². The molecule has 1 atom stereocenters. The van der Waals surface area contributed by atoms with Crippen molar-refractivity contribution < 1.29 is 5.11 Å². The fourth-order valence-corrected chi connectivity index (χ4v) is 2.64. The van der Waals surface area contributed by atoms with Crippen LogP contribution in [0.3, 0.4) is 0 Å². The molecule has 0 bridgehead atoms. The molecule has 0 saturated carbocycles. The highest BCUT2D eigenvalue weighted by Crippen LogP contribution is 2.24. The molecule has 0 aliphatic heterocycles. The molecule has 0 radical (unpaired) electrons. The summed E-state index contributed by atoms with van der Waals surface area (Å²) in [4.78, 5) is 4.25. The van der Waals surface area contributed by atoms with Crippen LogP contribution in [0.5, 0.6) is 0 Å². The lowest BCUT2D eigenvalue weighted by Crippen LogP contribution is -2.34. The summed E-state index contributed by atoms with van der Waals surface area (Å²) in [6.45, 7) is 3.06. The summed E-state index contributed by atoms with van der Waals surface area (Å²) in [6.07, 6.45) is 1.77. The van der Waals surface area contributed by atoms with Crippen LogP contribution in [0.25, 0.3) is 0 Å². The molecule has 84 valence electrons. The molecule has 1 unspecified atom stereocenters. The number of aromatic nitrogens is 1. The number of rotatable bonds is 6. The summed E-state index contributed by atoms with van der Waals surface area (Å²) in [5.74, 6) is 0.819. The highest BCUT2D eigenvalue weighted by atomic mass is 79.9. The van der Waals surface area contributed by atoms with Gasteiger partial charge in [0.1, 0.15) is 5.03 Å². The Morgan fingerprint density at radius 3 is 3.07 bits per heavy atom. The number of aliphatic hydroxyl groups is 1. The Bertz CT molecular complexity index is 299. The van der Waals surface area contributed by atoms with Gasteiger partial charge >= 0.3 is 0 Å². The van der Waals surface area contributed by atoms with Crippen LogP contribution >= 0.6 is 27.7 Å². The second kappa shape index (κ2) is 7.22. The van der Waals surface area contributed by atoms with Crippen LogP contribution in [0.4, 0.5) is 0 Å². The summed E-state index contributed by atoms with van der Waals surface area (Å²) in [5, 5.41) is 13.3. The standard InChI is InChI=1S/C10H15BrN2OS/c1-2-12-8(6-14)7-15-10-9(11)4-3-5-13-10/h3-5,8,12,14H,2,6-7H2,1H3. The van der Waals surface area contributed by atoms with Crippen LogP contribution in [0.15, 0.2) is 27.8 Å². The Labute approximate surface area is 103 Å². The number of hydrogen-bond donors (Lipinski definition) is 2. The van der Waals surface area contributed by atoms with Gasteiger partial charge in [-0.15, -0.1) is 11.8 Å². The van der Waals surface area contributed by atoms with Gasteiger partial charge in [-0.25, -0.2) is 4.98 Å². The summed E-state index contributed by atoms with van der Waals surface area (Å²) >= 11 is 5.08. The van der Waals surface area contributed by atoms with E-state index in [-0.39, 0.29) is 12.6 Å². The fourth-order valence-electron chi connectivity index (χ4n) is 1.12. The lowest BCUT2D eigenvalue weighted by Gasteiger charge is -2.14. The number of thioether (sulfide) groups is 1. The van der Waals surface area contributed by atoms with Crippen molar-refractivity contribution in [2.24, 2.45) is 0 Å². The molecule has 1 aromatic heterocycles. The van der Waals surface area contributed by atoms with E-state index in [1.54, 1.807) is 18.0 Å². The van der Waals surface area contributed by atoms with Gasteiger partial charge in [0.2, 0.25) is 0 Å². The van der Waals surface area contributed by atoms with Gasteiger partial charge in [-0.1, -0.05) is 6.92 Å². The Balaban J connectivity index is 2.45. The number of pyridine rings is 1. The third-order valence-corrected chi connectivity index (χ3v) is 3.93. The predicted octanol–water partition coefficient (Wildman–Crippen LogP) is 1.91. The van der Waals surface area contributed by atoms with Crippen molar-refractivity contribution in [3.63, 3.8) is 0 Å². The van der Waals surface area contributed by atoms with E-state index in [2.05, 4.69) is 26.2 Å². The second-order valence-electron chi connectivity index (χ2n) is 3.04. The first kappa shape index (κ1) is 13.0. The van der Waals surface area contributed by atoms with Crippen LogP contribution in [0.1, 0.15) is 6.92 Å². The zero-order chi connectivity index (χ0) is 11.1. The molecular formula is C10H15BrN2OS. The topological polar surface area (TPSA) is 45.1 Å². The van der Waals surface area contributed by atoms with Gasteiger partial charge in [-0.3, -0.25) is 0 Å². The zero-order valence-electron chi connectivity index (χ0n) is 8.61. The first-order valence-corrected chi connectivity index (χ1v) is 6.63. The number of aliphatic hydroxyl groups excluding tert-OH is 1. The summed E-state index contributed by atoms with van der Waals surface area (Å²) in [5.41, 5.74) is 0. The van der Waals surface area contributed by atoms with E-state index in [0.717, 1.165) is 21.8 Å². The minimum Gasteiger partial charge on any atom is -0.395 e. The van der Waals surface area contributed by atoms with Gasteiger partial charge in [0, 0.05) is 22.5 Å². The van der Waals surface area contributed by atoms with Crippen molar-refractivity contribution in [1.29, 1.82) is 0 Å². The maximum atomic E-state index is 9.10. The minimum atomic E-state index is 0.133. The molecule has 1 rings (SSSR count). The monoisotopic (exact) mass is 290 g/mol. The Morgan fingerprint density at radius 2 is 2.47 bits per heavy atom. The van der Waals surface area contributed by atoms with Gasteiger partial charge in [-0.2, -0.15) is 0 Å². The van der Waals surface area contributed by atoms with E-state index in [0.29, 0.717) is 0 Å². The van der Waals surface area contributed by atoms with Crippen molar-refractivity contribution in [3.05, 3.63) is 22.8 Å². The molecule has 0 aliphatic carbocycles. The largest absolute Gasteiger partial charge is 0.395 e. The molecule has 0 aliphatic rings. The van der Waals surface area contributed by atoms with E-state index < -0.39 is 0 Å². The van der Waals surface area contributed by atoms with Gasteiger partial charge in [0.05, 0.1) is 6.61 Å². The maximum Gasteiger partial charge on any atom is 0.110 e. The van der Waals surface area contributed by atoms with E-state index >= 15 is 0 Å². The second-order valence-corrected chi connectivity index (χ2v) is 4.90. The summed E-state index contributed by atoms with van der Waals surface area (Å²) < 4.78 is 1.00. The Hall–Kier alpha value is -0.100. The highest BCUT2D eigenvalue weighted by molar-refractivity contribution is 9.10. The number of nitrogens with one attached hydrogen (secondary N) is 1. The molecular weight excluding hydrogens is 276 g/mol. The van der Waals surface area contributed by atoms with Crippen LogP contribution in [0, 0.1) is 0 Å². The number of likely N-dealkylation sites (N-methyl/N-ethyl adjacent to an activating group) is 1. The molecule has 1 heterocycles. The Morgan fingerprint density at radius 1 is 1.67 bits per heavy atom. The molecule has 3 nitrogen and oxygen atoms in total. The third kappa shape index (κ3) is 4.51. The smallest absolute Gasteiger partial charge is 0.110 e.